The highest BCUT2D eigenvalue weighted by molar-refractivity contribution is 5.86. The molecule has 5 heteroatoms. The number of Topliss-reactive ketones (excluding diaryl/α,β-unsaturated/α-hetero) is 1. The predicted octanol–water partition coefficient (Wildman–Crippen LogP) is 2.18. The van der Waals surface area contributed by atoms with Gasteiger partial charge in [0.05, 0.1) is 14.2 Å². The number of rotatable bonds is 5. The van der Waals surface area contributed by atoms with Crippen molar-refractivity contribution in [1.29, 1.82) is 0 Å². The molecule has 0 aromatic heterocycles. The van der Waals surface area contributed by atoms with E-state index in [1.165, 1.54) is 5.56 Å². The van der Waals surface area contributed by atoms with Crippen LogP contribution in [0.4, 0.5) is 0 Å². The first-order chi connectivity index (χ1) is 11.9. The molecule has 0 radical (unpaired) electrons. The zero-order chi connectivity index (χ0) is 18.2. The second kappa shape index (κ2) is 6.96. The molecule has 0 bridgehead atoms. The molecule has 25 heavy (non-hydrogen) atoms. The summed E-state index contributed by atoms with van der Waals surface area (Å²) in [5.41, 5.74) is 2.10. The van der Waals surface area contributed by atoms with E-state index in [-0.39, 0.29) is 17.1 Å². The summed E-state index contributed by atoms with van der Waals surface area (Å²) in [6.07, 6.45) is 2.93. The number of hydrogen-bond acceptors (Lipinski definition) is 5. The lowest BCUT2D eigenvalue weighted by atomic mass is 9.54. The fraction of sp³-hybridized carbons (Fsp3) is 0.650. The molecule has 3 atom stereocenters. The molecule has 2 aliphatic carbocycles. The highest BCUT2D eigenvalue weighted by Crippen LogP contribution is 2.55. The number of aliphatic hydroxyl groups excluding tert-OH is 1. The van der Waals surface area contributed by atoms with Gasteiger partial charge in [0.2, 0.25) is 0 Å². The number of nitrogens with zero attached hydrogens (tertiary/aromatic N) is 1. The van der Waals surface area contributed by atoms with Gasteiger partial charge in [-0.3, -0.25) is 4.79 Å². The third-order valence-corrected chi connectivity index (χ3v) is 6.05. The molecule has 0 aliphatic heterocycles. The molecule has 1 unspecified atom stereocenters. The minimum atomic E-state index is -0.823. The van der Waals surface area contributed by atoms with Crippen LogP contribution in [0.2, 0.25) is 0 Å². The highest BCUT2D eigenvalue weighted by Gasteiger charge is 2.52. The van der Waals surface area contributed by atoms with Crippen molar-refractivity contribution in [3.05, 3.63) is 23.3 Å². The van der Waals surface area contributed by atoms with Crippen LogP contribution in [0.15, 0.2) is 12.1 Å². The maximum absolute atomic E-state index is 12.5. The lowest BCUT2D eigenvalue weighted by Gasteiger charge is -2.50. The normalized spacial score (nSPS) is 28.5. The number of aryl methyl sites for hydroxylation is 1. The maximum atomic E-state index is 12.5. The van der Waals surface area contributed by atoms with Crippen molar-refractivity contribution in [2.75, 3.05) is 34.9 Å². The quantitative estimate of drug-likeness (QED) is 0.885. The van der Waals surface area contributed by atoms with Crippen LogP contribution in [0.5, 0.6) is 11.5 Å². The summed E-state index contributed by atoms with van der Waals surface area (Å²) in [6, 6.07) is 4.07. The van der Waals surface area contributed by atoms with Gasteiger partial charge in [0.1, 0.15) is 6.10 Å². The zero-order valence-electron chi connectivity index (χ0n) is 15.7. The van der Waals surface area contributed by atoms with Crippen molar-refractivity contribution < 1.29 is 19.4 Å². The molecular formula is C20H29NO4. The first kappa shape index (κ1) is 18.2. The minimum absolute atomic E-state index is 0.0484. The van der Waals surface area contributed by atoms with E-state index in [0.717, 1.165) is 37.1 Å². The van der Waals surface area contributed by atoms with E-state index >= 15 is 0 Å². The van der Waals surface area contributed by atoms with E-state index in [1.54, 1.807) is 14.2 Å². The van der Waals surface area contributed by atoms with Gasteiger partial charge in [-0.15, -0.1) is 0 Å². The van der Waals surface area contributed by atoms with Gasteiger partial charge in [0, 0.05) is 17.4 Å². The van der Waals surface area contributed by atoms with Crippen molar-refractivity contribution in [2.24, 2.45) is 5.92 Å². The smallest absolute Gasteiger partial charge is 0.164 e. The molecule has 1 aromatic rings. The molecule has 5 nitrogen and oxygen atoms in total. The van der Waals surface area contributed by atoms with Crippen molar-refractivity contribution >= 4 is 5.78 Å². The molecule has 2 aliphatic rings. The number of aliphatic hydroxyl groups is 1. The number of hydrogen-bond donors (Lipinski definition) is 1. The summed E-state index contributed by atoms with van der Waals surface area (Å²) < 4.78 is 11.3. The van der Waals surface area contributed by atoms with Crippen LogP contribution < -0.4 is 9.47 Å². The van der Waals surface area contributed by atoms with Gasteiger partial charge in [0.15, 0.2) is 17.3 Å². The summed E-state index contributed by atoms with van der Waals surface area (Å²) in [7, 11) is 7.42. The largest absolute Gasteiger partial charge is 0.493 e. The molecule has 138 valence electrons. The number of benzene rings is 1. The number of methoxy groups -OCH3 is 2. The number of carbonyl (C=O) groups is 1. The summed E-state index contributed by atoms with van der Waals surface area (Å²) in [5, 5.41) is 10.2. The van der Waals surface area contributed by atoms with Crippen LogP contribution >= 0.6 is 0 Å². The van der Waals surface area contributed by atoms with Crippen LogP contribution in [0.3, 0.4) is 0 Å². The predicted molar refractivity (Wildman–Crippen MR) is 96.5 cm³/mol. The third-order valence-electron chi connectivity index (χ3n) is 6.05. The first-order valence-electron chi connectivity index (χ1n) is 9.02. The Morgan fingerprint density at radius 2 is 2.04 bits per heavy atom. The van der Waals surface area contributed by atoms with Gasteiger partial charge < -0.3 is 19.5 Å². The summed E-state index contributed by atoms with van der Waals surface area (Å²) in [4.78, 5) is 14.7. The lowest BCUT2D eigenvalue weighted by Crippen LogP contribution is -2.50. The van der Waals surface area contributed by atoms with E-state index in [4.69, 9.17) is 9.47 Å². The van der Waals surface area contributed by atoms with E-state index in [1.807, 2.05) is 6.07 Å². The lowest BCUT2D eigenvalue weighted by molar-refractivity contribution is -0.135. The summed E-state index contributed by atoms with van der Waals surface area (Å²) in [6.45, 7) is 0.889. The molecule has 3 rings (SSSR count). The minimum Gasteiger partial charge on any atom is -0.493 e. The Hall–Kier alpha value is -1.59. The van der Waals surface area contributed by atoms with Crippen LogP contribution in [0, 0.1) is 5.92 Å². The molecule has 1 N–H and O–H groups in total. The van der Waals surface area contributed by atoms with Crippen molar-refractivity contribution in [3.8, 4) is 11.5 Å². The molecular weight excluding hydrogens is 318 g/mol. The van der Waals surface area contributed by atoms with Gasteiger partial charge in [0.25, 0.3) is 0 Å². The first-order valence-corrected chi connectivity index (χ1v) is 9.02. The van der Waals surface area contributed by atoms with Crippen LogP contribution in [0.25, 0.3) is 0 Å². The van der Waals surface area contributed by atoms with Crippen LogP contribution in [0.1, 0.15) is 36.8 Å². The number of ketones is 1. The second-order valence-corrected chi connectivity index (χ2v) is 7.67. The number of carbonyl (C=O) groups excluding carboxylic acids is 1. The summed E-state index contributed by atoms with van der Waals surface area (Å²) in [5.74, 6) is 1.71. The summed E-state index contributed by atoms with van der Waals surface area (Å²) >= 11 is 0. The van der Waals surface area contributed by atoms with E-state index in [9.17, 15) is 9.90 Å². The highest BCUT2D eigenvalue weighted by atomic mass is 16.5. The fourth-order valence-electron chi connectivity index (χ4n) is 4.78. The molecule has 0 saturated heterocycles. The molecule has 0 spiro atoms. The van der Waals surface area contributed by atoms with Crippen molar-refractivity contribution in [3.63, 3.8) is 0 Å². The van der Waals surface area contributed by atoms with Crippen molar-refractivity contribution in [1.82, 2.24) is 4.90 Å². The van der Waals surface area contributed by atoms with Gasteiger partial charge in [-0.1, -0.05) is 6.07 Å². The molecule has 1 aromatic carbocycles. The molecule has 1 fully saturated rings. The Kier molecular flexibility index (Phi) is 5.07. The fourth-order valence-corrected chi connectivity index (χ4v) is 4.78. The topological polar surface area (TPSA) is 59.0 Å². The van der Waals surface area contributed by atoms with Crippen molar-refractivity contribution in [2.45, 2.75) is 43.6 Å². The van der Waals surface area contributed by atoms with Gasteiger partial charge >= 0.3 is 0 Å². The van der Waals surface area contributed by atoms with E-state index in [2.05, 4.69) is 25.1 Å². The average molecular weight is 347 g/mol. The van der Waals surface area contributed by atoms with Crippen LogP contribution in [-0.4, -0.2) is 56.8 Å². The Balaban J connectivity index is 2.17. The maximum Gasteiger partial charge on any atom is 0.164 e. The standard InChI is InChI=1S/C20H29NO4/c1-21(2)10-9-20-12-16(23)15(22)11-14(20)7-5-13-6-8-17(24-3)19(25-4)18(13)20/h6,8,14-15,22H,5,7,9-12H2,1-4H3/t14?,15-,20-/m1/s1. The Bertz CT molecular complexity index is 657. The SMILES string of the molecule is COc1ccc2c(c1OC)[C@]1(CCN(C)C)CC(=O)[C@H](O)CC1CC2. The van der Waals surface area contributed by atoms with Gasteiger partial charge in [-0.2, -0.15) is 0 Å². The molecule has 0 heterocycles. The van der Waals surface area contributed by atoms with E-state index < -0.39 is 6.10 Å². The monoisotopic (exact) mass is 347 g/mol. The van der Waals surface area contributed by atoms with Gasteiger partial charge in [-0.05, 0) is 63.9 Å². The van der Waals surface area contributed by atoms with Crippen LogP contribution in [-0.2, 0) is 16.6 Å². The number of ether oxygens (including phenoxy) is 2. The molecule has 0 amide bonds. The Morgan fingerprint density at radius 3 is 2.68 bits per heavy atom. The van der Waals surface area contributed by atoms with E-state index in [0.29, 0.717) is 18.6 Å². The Morgan fingerprint density at radius 1 is 1.28 bits per heavy atom. The average Bonchev–Trinajstić information content (AvgIpc) is 2.60. The third kappa shape index (κ3) is 3.04. The second-order valence-electron chi connectivity index (χ2n) is 7.67. The zero-order valence-corrected chi connectivity index (χ0v) is 15.7. The van der Waals surface area contributed by atoms with Gasteiger partial charge in [-0.25, -0.2) is 0 Å². The molecule has 1 saturated carbocycles. The number of fused-ring (bicyclic) bond motifs is 3. The Labute approximate surface area is 149 Å².